The van der Waals surface area contributed by atoms with Gasteiger partial charge in [-0.1, -0.05) is 70.4 Å². The fourth-order valence-corrected chi connectivity index (χ4v) is 2.76. The molecule has 1 aliphatic heterocycles. The Balaban J connectivity index is 1.94. The third-order valence-corrected chi connectivity index (χ3v) is 4.17. The molecule has 130 valence electrons. The van der Waals surface area contributed by atoms with Crippen LogP contribution in [0.3, 0.4) is 0 Å². The first-order chi connectivity index (χ1) is 11.2. The van der Waals surface area contributed by atoms with E-state index in [4.69, 9.17) is 4.74 Å². The molecule has 0 saturated heterocycles. The maximum atomic E-state index is 11.7. The van der Waals surface area contributed by atoms with Gasteiger partial charge in [-0.2, -0.15) is 0 Å². The van der Waals surface area contributed by atoms with Crippen molar-refractivity contribution < 1.29 is 14.3 Å². The number of ketones is 1. The number of hydrogen-bond acceptors (Lipinski definition) is 3. The zero-order chi connectivity index (χ0) is 16.8. The standard InChI is InChI=1S/C20H32O3/c1-2-3-4-5-6-7-8-9-10-13-18(21)14-11-15-19-16-12-17-20(22)23-19/h11-12,14,17,19H,2-10,13,15-16H2,1H3/b14-11+/t19-/m1/s1. The van der Waals surface area contributed by atoms with Crippen LogP contribution in [0.25, 0.3) is 0 Å². The molecule has 0 unspecified atom stereocenters. The summed E-state index contributed by atoms with van der Waals surface area (Å²) < 4.78 is 5.14. The second-order valence-electron chi connectivity index (χ2n) is 6.38. The molecule has 3 heteroatoms. The zero-order valence-electron chi connectivity index (χ0n) is 14.6. The highest BCUT2D eigenvalue weighted by Gasteiger charge is 2.13. The van der Waals surface area contributed by atoms with E-state index in [9.17, 15) is 9.59 Å². The molecule has 0 spiro atoms. The van der Waals surface area contributed by atoms with Crippen molar-refractivity contribution in [2.45, 2.75) is 90.1 Å². The van der Waals surface area contributed by atoms with Crippen LogP contribution in [-0.2, 0) is 14.3 Å². The molecule has 0 aromatic rings. The second kappa shape index (κ2) is 13.1. The van der Waals surface area contributed by atoms with E-state index in [0.717, 1.165) is 19.3 Å². The Morgan fingerprint density at radius 3 is 2.43 bits per heavy atom. The van der Waals surface area contributed by atoms with Gasteiger partial charge >= 0.3 is 5.97 Å². The van der Waals surface area contributed by atoms with Gasteiger partial charge in [0.2, 0.25) is 0 Å². The van der Waals surface area contributed by atoms with Crippen molar-refractivity contribution in [2.24, 2.45) is 0 Å². The number of ether oxygens (including phenoxy) is 1. The fraction of sp³-hybridized carbons (Fsp3) is 0.700. The summed E-state index contributed by atoms with van der Waals surface area (Å²) in [6, 6.07) is 0. The van der Waals surface area contributed by atoms with Crippen molar-refractivity contribution in [3.8, 4) is 0 Å². The topological polar surface area (TPSA) is 43.4 Å². The van der Waals surface area contributed by atoms with Gasteiger partial charge in [0.15, 0.2) is 5.78 Å². The van der Waals surface area contributed by atoms with Crippen LogP contribution >= 0.6 is 0 Å². The lowest BCUT2D eigenvalue weighted by atomic mass is 10.0. The molecule has 0 fully saturated rings. The first-order valence-corrected chi connectivity index (χ1v) is 9.29. The van der Waals surface area contributed by atoms with Crippen molar-refractivity contribution in [1.29, 1.82) is 0 Å². The number of esters is 1. The van der Waals surface area contributed by atoms with Crippen LogP contribution in [0.1, 0.15) is 84.0 Å². The summed E-state index contributed by atoms with van der Waals surface area (Å²) >= 11 is 0. The third-order valence-electron chi connectivity index (χ3n) is 4.17. The molecule has 1 atom stereocenters. The molecule has 0 bridgehead atoms. The molecule has 23 heavy (non-hydrogen) atoms. The largest absolute Gasteiger partial charge is 0.459 e. The van der Waals surface area contributed by atoms with Crippen LogP contribution < -0.4 is 0 Å². The van der Waals surface area contributed by atoms with Crippen molar-refractivity contribution in [2.75, 3.05) is 0 Å². The summed E-state index contributed by atoms with van der Waals surface area (Å²) in [5.74, 6) is -0.0960. The van der Waals surface area contributed by atoms with Gasteiger partial charge in [-0.25, -0.2) is 4.79 Å². The Labute approximate surface area is 141 Å². The molecular formula is C20H32O3. The predicted molar refractivity (Wildman–Crippen MR) is 94.2 cm³/mol. The van der Waals surface area contributed by atoms with Crippen molar-refractivity contribution >= 4 is 11.8 Å². The highest BCUT2D eigenvalue weighted by Crippen LogP contribution is 2.13. The van der Waals surface area contributed by atoms with Crippen molar-refractivity contribution in [1.82, 2.24) is 0 Å². The predicted octanol–water partition coefficient (Wildman–Crippen LogP) is 5.29. The number of carbonyl (C=O) groups is 2. The number of hydrogen-bond donors (Lipinski definition) is 0. The molecule has 0 saturated carbocycles. The van der Waals surface area contributed by atoms with E-state index in [1.54, 1.807) is 6.08 Å². The molecule has 0 aromatic heterocycles. The van der Waals surface area contributed by atoms with Gasteiger partial charge in [-0.15, -0.1) is 0 Å². The van der Waals surface area contributed by atoms with Gasteiger partial charge in [0.05, 0.1) is 0 Å². The maximum absolute atomic E-state index is 11.7. The van der Waals surface area contributed by atoms with E-state index in [1.807, 2.05) is 12.2 Å². The molecule has 1 aliphatic rings. The summed E-state index contributed by atoms with van der Waals surface area (Å²) in [6.45, 7) is 2.24. The molecule has 1 rings (SSSR count). The lowest BCUT2D eigenvalue weighted by molar-refractivity contribution is -0.143. The Bertz CT molecular complexity index is 396. The molecular weight excluding hydrogens is 288 g/mol. The number of rotatable bonds is 13. The fourth-order valence-electron chi connectivity index (χ4n) is 2.76. The normalized spacial score (nSPS) is 17.6. The van der Waals surface area contributed by atoms with E-state index in [1.165, 1.54) is 51.0 Å². The lowest BCUT2D eigenvalue weighted by Gasteiger charge is -2.16. The molecule has 0 aliphatic carbocycles. The van der Waals surface area contributed by atoms with Crippen molar-refractivity contribution in [3.63, 3.8) is 0 Å². The summed E-state index contributed by atoms with van der Waals surface area (Å²) in [7, 11) is 0. The van der Waals surface area contributed by atoms with Gasteiger partial charge in [-0.05, 0) is 12.5 Å². The van der Waals surface area contributed by atoms with Crippen LogP contribution in [0.4, 0.5) is 0 Å². The average Bonchev–Trinajstić information content (AvgIpc) is 2.53. The lowest BCUT2D eigenvalue weighted by Crippen LogP contribution is -2.18. The smallest absolute Gasteiger partial charge is 0.330 e. The second-order valence-corrected chi connectivity index (χ2v) is 6.38. The first-order valence-electron chi connectivity index (χ1n) is 9.29. The maximum Gasteiger partial charge on any atom is 0.330 e. The molecule has 3 nitrogen and oxygen atoms in total. The average molecular weight is 320 g/mol. The molecule has 0 N–H and O–H groups in total. The highest BCUT2D eigenvalue weighted by atomic mass is 16.5. The van der Waals surface area contributed by atoms with E-state index in [-0.39, 0.29) is 17.9 Å². The minimum absolute atomic E-state index is 0.107. The van der Waals surface area contributed by atoms with Gasteiger partial charge in [0.25, 0.3) is 0 Å². The number of cyclic esters (lactones) is 1. The van der Waals surface area contributed by atoms with E-state index < -0.39 is 0 Å². The summed E-state index contributed by atoms with van der Waals surface area (Å²) in [5.41, 5.74) is 0. The monoisotopic (exact) mass is 320 g/mol. The van der Waals surface area contributed by atoms with Crippen LogP contribution in [0.2, 0.25) is 0 Å². The van der Waals surface area contributed by atoms with E-state index in [0.29, 0.717) is 12.8 Å². The van der Waals surface area contributed by atoms with Crippen LogP contribution in [0.15, 0.2) is 24.3 Å². The van der Waals surface area contributed by atoms with Crippen LogP contribution in [-0.4, -0.2) is 17.9 Å². The first kappa shape index (κ1) is 19.7. The minimum Gasteiger partial charge on any atom is -0.459 e. The quantitative estimate of drug-likeness (QED) is 0.263. The Kier molecular flexibility index (Phi) is 11.2. The SMILES string of the molecule is CCCCCCCCCCCC(=O)/C=C/C[C@@H]1CC=CC(=O)O1. The molecule has 1 heterocycles. The molecule has 0 amide bonds. The number of unbranched alkanes of at least 4 members (excludes halogenated alkanes) is 8. The summed E-state index contributed by atoms with van der Waals surface area (Å²) in [6.07, 6.45) is 20.1. The Morgan fingerprint density at radius 1 is 1.13 bits per heavy atom. The Morgan fingerprint density at radius 2 is 1.78 bits per heavy atom. The van der Waals surface area contributed by atoms with Gasteiger partial charge in [-0.3, -0.25) is 4.79 Å². The summed E-state index contributed by atoms with van der Waals surface area (Å²) in [4.78, 5) is 22.8. The van der Waals surface area contributed by atoms with Gasteiger partial charge in [0.1, 0.15) is 6.10 Å². The molecule has 0 aromatic carbocycles. The van der Waals surface area contributed by atoms with E-state index >= 15 is 0 Å². The number of allylic oxidation sites excluding steroid dienone is 1. The zero-order valence-corrected chi connectivity index (χ0v) is 14.6. The van der Waals surface area contributed by atoms with Gasteiger partial charge < -0.3 is 4.74 Å². The van der Waals surface area contributed by atoms with Crippen LogP contribution in [0, 0.1) is 0 Å². The minimum atomic E-state index is -0.282. The van der Waals surface area contributed by atoms with Crippen molar-refractivity contribution in [3.05, 3.63) is 24.3 Å². The third kappa shape index (κ3) is 10.9. The van der Waals surface area contributed by atoms with Gasteiger partial charge in [0, 0.05) is 25.3 Å². The highest BCUT2D eigenvalue weighted by molar-refractivity contribution is 5.89. The molecule has 0 radical (unpaired) electrons. The Hall–Kier alpha value is -1.38. The van der Waals surface area contributed by atoms with E-state index in [2.05, 4.69) is 6.92 Å². The number of carbonyl (C=O) groups excluding carboxylic acids is 2. The van der Waals surface area contributed by atoms with Crippen LogP contribution in [0.5, 0.6) is 0 Å². The summed E-state index contributed by atoms with van der Waals surface area (Å²) in [5, 5.41) is 0.